The van der Waals surface area contributed by atoms with Crippen LogP contribution in [0.15, 0.2) is 41.0 Å². The summed E-state index contributed by atoms with van der Waals surface area (Å²) in [4.78, 5) is 0. The molecule has 0 amide bonds. The first kappa shape index (κ1) is 12.7. The maximum absolute atomic E-state index is 5.68. The summed E-state index contributed by atoms with van der Waals surface area (Å²) >= 11 is 0. The topological polar surface area (TPSA) is 48.4 Å². The summed E-state index contributed by atoms with van der Waals surface area (Å²) in [5.74, 6) is 2.18. The minimum Gasteiger partial charge on any atom is -0.486 e. The Morgan fingerprint density at radius 1 is 1.17 bits per heavy atom. The van der Waals surface area contributed by atoms with E-state index in [9.17, 15) is 0 Å². The van der Waals surface area contributed by atoms with Crippen LogP contribution < -0.4 is 10.5 Å². The molecule has 0 unspecified atom stereocenters. The molecule has 0 aliphatic rings. The number of hydrogen-bond acceptors (Lipinski definition) is 3. The Labute approximate surface area is 108 Å². The van der Waals surface area contributed by atoms with Crippen LogP contribution in [0.5, 0.6) is 5.75 Å². The number of ether oxygens (including phenoxy) is 1. The lowest BCUT2D eigenvalue weighted by atomic mass is 10.0. The van der Waals surface area contributed by atoms with Gasteiger partial charge < -0.3 is 14.9 Å². The van der Waals surface area contributed by atoms with Gasteiger partial charge in [0.1, 0.15) is 18.1 Å². The van der Waals surface area contributed by atoms with Crippen LogP contribution in [0.4, 0.5) is 0 Å². The molecular weight excluding hydrogens is 226 g/mol. The van der Waals surface area contributed by atoms with Gasteiger partial charge in [-0.2, -0.15) is 0 Å². The fraction of sp³-hybridized carbons (Fsp3) is 0.333. The molecule has 0 aliphatic heterocycles. The van der Waals surface area contributed by atoms with Crippen molar-refractivity contribution in [2.24, 2.45) is 5.73 Å². The van der Waals surface area contributed by atoms with Gasteiger partial charge in [0.05, 0.1) is 6.26 Å². The van der Waals surface area contributed by atoms with Crippen molar-refractivity contribution < 1.29 is 9.15 Å². The van der Waals surface area contributed by atoms with Crippen molar-refractivity contribution in [3.63, 3.8) is 0 Å². The number of benzene rings is 1. The van der Waals surface area contributed by atoms with E-state index < -0.39 is 0 Å². The minimum atomic E-state index is 0.417. The quantitative estimate of drug-likeness (QED) is 0.877. The molecule has 1 aromatic heterocycles. The van der Waals surface area contributed by atoms with E-state index in [4.69, 9.17) is 14.9 Å². The first-order valence-electron chi connectivity index (χ1n) is 6.18. The van der Waals surface area contributed by atoms with Crippen LogP contribution in [0.1, 0.15) is 36.7 Å². The highest BCUT2D eigenvalue weighted by molar-refractivity contribution is 5.29. The monoisotopic (exact) mass is 245 g/mol. The number of nitrogens with two attached hydrogens (primary N) is 1. The number of hydrogen-bond donors (Lipinski definition) is 1. The molecule has 1 heterocycles. The van der Waals surface area contributed by atoms with E-state index >= 15 is 0 Å². The molecule has 2 aromatic rings. The molecular formula is C15H19NO2. The summed E-state index contributed by atoms with van der Waals surface area (Å²) in [6.45, 7) is 5.24. The SMILES string of the molecule is CC(C)c1ccc(OCc2occc2CN)cc1. The lowest BCUT2D eigenvalue weighted by Crippen LogP contribution is -2.02. The Morgan fingerprint density at radius 3 is 2.50 bits per heavy atom. The third-order valence-corrected chi connectivity index (χ3v) is 2.97. The average molecular weight is 245 g/mol. The Morgan fingerprint density at radius 2 is 1.89 bits per heavy atom. The summed E-state index contributed by atoms with van der Waals surface area (Å²) in [5, 5.41) is 0. The average Bonchev–Trinajstić information content (AvgIpc) is 2.84. The third-order valence-electron chi connectivity index (χ3n) is 2.97. The highest BCUT2D eigenvalue weighted by atomic mass is 16.5. The van der Waals surface area contributed by atoms with Gasteiger partial charge in [0.15, 0.2) is 0 Å². The van der Waals surface area contributed by atoms with Crippen LogP contribution in [0.2, 0.25) is 0 Å². The highest BCUT2D eigenvalue weighted by Gasteiger charge is 2.06. The van der Waals surface area contributed by atoms with Crippen molar-refractivity contribution in [1.29, 1.82) is 0 Å². The maximum atomic E-state index is 5.68. The summed E-state index contributed by atoms with van der Waals surface area (Å²) in [5.41, 5.74) is 7.90. The molecule has 0 saturated heterocycles. The van der Waals surface area contributed by atoms with E-state index in [0.29, 0.717) is 19.1 Å². The van der Waals surface area contributed by atoms with E-state index in [0.717, 1.165) is 17.1 Å². The third kappa shape index (κ3) is 2.93. The van der Waals surface area contributed by atoms with E-state index in [1.165, 1.54) is 5.56 Å². The Hall–Kier alpha value is -1.74. The largest absolute Gasteiger partial charge is 0.486 e. The Kier molecular flexibility index (Phi) is 4.05. The predicted octanol–water partition coefficient (Wildman–Crippen LogP) is 3.44. The van der Waals surface area contributed by atoms with E-state index in [1.807, 2.05) is 18.2 Å². The van der Waals surface area contributed by atoms with Gasteiger partial charge in [-0.15, -0.1) is 0 Å². The van der Waals surface area contributed by atoms with Crippen molar-refractivity contribution in [2.45, 2.75) is 32.9 Å². The number of furan rings is 1. The van der Waals surface area contributed by atoms with Crippen LogP contribution in [0, 0.1) is 0 Å². The van der Waals surface area contributed by atoms with Gasteiger partial charge in [-0.3, -0.25) is 0 Å². The second-order valence-corrected chi connectivity index (χ2v) is 4.59. The van der Waals surface area contributed by atoms with Gasteiger partial charge in [0, 0.05) is 12.1 Å². The van der Waals surface area contributed by atoms with Crippen LogP contribution in [0.25, 0.3) is 0 Å². The molecule has 96 valence electrons. The lowest BCUT2D eigenvalue weighted by Gasteiger charge is -2.08. The number of rotatable bonds is 5. The molecule has 0 spiro atoms. The standard InChI is InChI=1S/C15H19NO2/c1-11(2)12-3-5-14(6-4-12)18-10-15-13(9-16)7-8-17-15/h3-8,11H,9-10,16H2,1-2H3. The molecule has 18 heavy (non-hydrogen) atoms. The molecule has 0 fully saturated rings. The van der Waals surface area contributed by atoms with Gasteiger partial charge >= 0.3 is 0 Å². The zero-order valence-corrected chi connectivity index (χ0v) is 10.8. The van der Waals surface area contributed by atoms with Crippen molar-refractivity contribution in [3.8, 4) is 5.75 Å². The van der Waals surface area contributed by atoms with Crippen molar-refractivity contribution in [2.75, 3.05) is 0 Å². The molecule has 0 aliphatic carbocycles. The van der Waals surface area contributed by atoms with Gasteiger partial charge in [-0.05, 0) is 29.7 Å². The highest BCUT2D eigenvalue weighted by Crippen LogP contribution is 2.20. The van der Waals surface area contributed by atoms with Crippen LogP contribution in [0.3, 0.4) is 0 Å². The summed E-state index contributed by atoms with van der Waals surface area (Å²) < 4.78 is 11.0. The summed E-state index contributed by atoms with van der Waals surface area (Å²) in [7, 11) is 0. The molecule has 2 rings (SSSR count). The molecule has 0 saturated carbocycles. The fourth-order valence-corrected chi connectivity index (χ4v) is 1.77. The van der Waals surface area contributed by atoms with Crippen molar-refractivity contribution in [3.05, 3.63) is 53.5 Å². The Bertz CT molecular complexity index is 485. The molecule has 1 aromatic carbocycles. The fourth-order valence-electron chi connectivity index (χ4n) is 1.77. The zero-order valence-electron chi connectivity index (χ0n) is 10.8. The zero-order chi connectivity index (χ0) is 13.0. The molecule has 0 atom stereocenters. The normalized spacial score (nSPS) is 10.9. The maximum Gasteiger partial charge on any atom is 0.146 e. The van der Waals surface area contributed by atoms with Crippen LogP contribution in [-0.2, 0) is 13.2 Å². The molecule has 3 heteroatoms. The van der Waals surface area contributed by atoms with E-state index in [-0.39, 0.29) is 0 Å². The van der Waals surface area contributed by atoms with Gasteiger partial charge in [0.25, 0.3) is 0 Å². The molecule has 2 N–H and O–H groups in total. The van der Waals surface area contributed by atoms with Crippen LogP contribution >= 0.6 is 0 Å². The van der Waals surface area contributed by atoms with Gasteiger partial charge in [-0.25, -0.2) is 0 Å². The van der Waals surface area contributed by atoms with Gasteiger partial charge in [0.2, 0.25) is 0 Å². The summed E-state index contributed by atoms with van der Waals surface area (Å²) in [6.07, 6.45) is 1.64. The predicted molar refractivity (Wildman–Crippen MR) is 71.5 cm³/mol. The molecule has 0 radical (unpaired) electrons. The Balaban J connectivity index is 1.98. The first-order valence-corrected chi connectivity index (χ1v) is 6.18. The van der Waals surface area contributed by atoms with Crippen molar-refractivity contribution in [1.82, 2.24) is 0 Å². The van der Waals surface area contributed by atoms with E-state index in [2.05, 4.69) is 26.0 Å². The lowest BCUT2D eigenvalue weighted by molar-refractivity contribution is 0.268. The van der Waals surface area contributed by atoms with Crippen LogP contribution in [-0.4, -0.2) is 0 Å². The molecule has 0 bridgehead atoms. The van der Waals surface area contributed by atoms with E-state index in [1.54, 1.807) is 6.26 Å². The van der Waals surface area contributed by atoms with Crippen molar-refractivity contribution >= 4 is 0 Å². The van der Waals surface area contributed by atoms with Gasteiger partial charge in [-0.1, -0.05) is 26.0 Å². The first-order chi connectivity index (χ1) is 8.70. The summed E-state index contributed by atoms with van der Waals surface area (Å²) in [6, 6.07) is 10.0. The second-order valence-electron chi connectivity index (χ2n) is 4.59. The second kappa shape index (κ2) is 5.74. The molecule has 3 nitrogen and oxygen atoms in total. The smallest absolute Gasteiger partial charge is 0.146 e. The minimum absolute atomic E-state index is 0.417.